The lowest BCUT2D eigenvalue weighted by Gasteiger charge is -2.61. The van der Waals surface area contributed by atoms with Crippen LogP contribution in [0, 0.1) is 15.5 Å². The van der Waals surface area contributed by atoms with Crippen LogP contribution in [0.15, 0.2) is 30.3 Å². The number of nitro benzene ring substituents is 1. The quantitative estimate of drug-likeness (QED) is 0.665. The Hall–Kier alpha value is -2.21. The zero-order chi connectivity index (χ0) is 16.7. The summed E-state index contributed by atoms with van der Waals surface area (Å²) in [6.45, 7) is 2.82. The number of non-ortho nitro benzene ring substituents is 1. The first-order chi connectivity index (χ1) is 11.6. The van der Waals surface area contributed by atoms with Gasteiger partial charge in [-0.05, 0) is 44.4 Å². The highest BCUT2D eigenvalue weighted by atomic mass is 16.6. The molecule has 0 bridgehead atoms. The van der Waals surface area contributed by atoms with Crippen molar-refractivity contribution in [1.29, 1.82) is 0 Å². The Bertz CT molecular complexity index is 788. The van der Waals surface area contributed by atoms with Crippen LogP contribution in [0.1, 0.15) is 32.6 Å². The molecule has 4 rings (SSSR count). The van der Waals surface area contributed by atoms with E-state index in [-0.39, 0.29) is 16.0 Å². The van der Waals surface area contributed by atoms with Crippen molar-refractivity contribution in [2.45, 2.75) is 44.8 Å². The van der Waals surface area contributed by atoms with Crippen LogP contribution in [0.25, 0.3) is 10.9 Å². The summed E-state index contributed by atoms with van der Waals surface area (Å²) in [6, 6.07) is 8.98. The predicted molar refractivity (Wildman–Crippen MR) is 92.1 cm³/mol. The van der Waals surface area contributed by atoms with E-state index in [4.69, 9.17) is 4.74 Å². The van der Waals surface area contributed by atoms with E-state index in [2.05, 4.69) is 17.2 Å². The molecule has 1 heterocycles. The van der Waals surface area contributed by atoms with Gasteiger partial charge in [0.05, 0.1) is 16.5 Å². The lowest BCUT2D eigenvalue weighted by molar-refractivity contribution is -0.384. The molecule has 0 radical (unpaired) electrons. The smallest absolute Gasteiger partial charge is 0.270 e. The first-order valence-corrected chi connectivity index (χ1v) is 8.56. The highest BCUT2D eigenvalue weighted by Crippen LogP contribution is 2.58. The van der Waals surface area contributed by atoms with Gasteiger partial charge in [0.2, 0.25) is 0 Å². The molecule has 2 unspecified atom stereocenters. The van der Waals surface area contributed by atoms with Crippen LogP contribution in [-0.2, 0) is 4.74 Å². The monoisotopic (exact) mass is 327 g/mol. The van der Waals surface area contributed by atoms with Crippen molar-refractivity contribution in [3.8, 4) is 0 Å². The molecule has 2 aromatic rings. The van der Waals surface area contributed by atoms with Crippen molar-refractivity contribution in [2.75, 3.05) is 11.9 Å². The third-order valence-electron chi connectivity index (χ3n) is 5.64. The van der Waals surface area contributed by atoms with Gasteiger partial charge < -0.3 is 10.1 Å². The Balaban J connectivity index is 1.53. The first-order valence-electron chi connectivity index (χ1n) is 8.56. The molecule has 24 heavy (non-hydrogen) atoms. The van der Waals surface area contributed by atoms with Crippen molar-refractivity contribution in [2.24, 2.45) is 5.41 Å². The standard InChI is InChI=1S/C18H21N3O3/c1-2-24-16-11-15(18(16)8-3-9-18)20-17-7-4-12-10-13(21(22)23)5-6-14(12)19-17/h4-7,10,15-16H,2-3,8-9,11H2,1H3,(H,19,20). The lowest BCUT2D eigenvalue weighted by atomic mass is 9.51. The molecule has 1 aromatic heterocycles. The van der Waals surface area contributed by atoms with Crippen LogP contribution >= 0.6 is 0 Å². The van der Waals surface area contributed by atoms with Gasteiger partial charge in [0.1, 0.15) is 5.82 Å². The van der Waals surface area contributed by atoms with Gasteiger partial charge in [-0.1, -0.05) is 6.42 Å². The third-order valence-corrected chi connectivity index (χ3v) is 5.64. The van der Waals surface area contributed by atoms with Crippen LogP contribution in [-0.4, -0.2) is 28.7 Å². The van der Waals surface area contributed by atoms with Gasteiger partial charge in [-0.15, -0.1) is 0 Å². The molecular weight excluding hydrogens is 306 g/mol. The van der Waals surface area contributed by atoms with E-state index < -0.39 is 0 Å². The molecule has 1 aromatic carbocycles. The maximum atomic E-state index is 10.9. The minimum Gasteiger partial charge on any atom is -0.378 e. The van der Waals surface area contributed by atoms with Gasteiger partial charge in [0.15, 0.2) is 0 Å². The molecule has 2 fully saturated rings. The van der Waals surface area contributed by atoms with E-state index in [0.717, 1.165) is 29.7 Å². The highest BCUT2D eigenvalue weighted by molar-refractivity contribution is 5.82. The summed E-state index contributed by atoms with van der Waals surface area (Å²) in [4.78, 5) is 15.1. The molecule has 0 saturated heterocycles. The number of fused-ring (bicyclic) bond motifs is 1. The van der Waals surface area contributed by atoms with Gasteiger partial charge in [-0.2, -0.15) is 0 Å². The second-order valence-electron chi connectivity index (χ2n) is 6.79. The maximum Gasteiger partial charge on any atom is 0.270 e. The molecule has 6 nitrogen and oxygen atoms in total. The minimum atomic E-state index is -0.381. The van der Waals surface area contributed by atoms with Crippen LogP contribution < -0.4 is 5.32 Å². The number of nitrogens with zero attached hydrogens (tertiary/aromatic N) is 2. The van der Waals surface area contributed by atoms with Crippen molar-refractivity contribution in [3.05, 3.63) is 40.4 Å². The number of rotatable bonds is 5. The fraction of sp³-hybridized carbons (Fsp3) is 0.500. The summed E-state index contributed by atoms with van der Waals surface area (Å²) >= 11 is 0. The van der Waals surface area contributed by atoms with Crippen LogP contribution in [0.2, 0.25) is 0 Å². The molecule has 1 spiro atoms. The van der Waals surface area contributed by atoms with Crippen LogP contribution in [0.5, 0.6) is 0 Å². The molecule has 2 saturated carbocycles. The summed E-state index contributed by atoms with van der Waals surface area (Å²) < 4.78 is 5.89. The SMILES string of the molecule is CCOC1CC(Nc2ccc3cc([N+](=O)[O-])ccc3n2)C12CCC2. The number of benzene rings is 1. The Morgan fingerprint density at radius 3 is 2.88 bits per heavy atom. The second kappa shape index (κ2) is 5.70. The Kier molecular flexibility index (Phi) is 3.64. The van der Waals surface area contributed by atoms with Crippen LogP contribution in [0.4, 0.5) is 11.5 Å². The largest absolute Gasteiger partial charge is 0.378 e. The van der Waals surface area contributed by atoms with Gasteiger partial charge in [0, 0.05) is 35.6 Å². The molecular formula is C18H21N3O3. The zero-order valence-corrected chi connectivity index (χ0v) is 13.7. The summed E-state index contributed by atoms with van der Waals surface area (Å²) in [5, 5.41) is 15.2. The Morgan fingerprint density at radius 2 is 2.21 bits per heavy atom. The Labute approximate surface area is 140 Å². The minimum absolute atomic E-state index is 0.0944. The normalized spacial score (nSPS) is 24.4. The van der Waals surface area contributed by atoms with Crippen molar-refractivity contribution < 1.29 is 9.66 Å². The van der Waals surface area contributed by atoms with Gasteiger partial charge >= 0.3 is 0 Å². The average molecular weight is 327 g/mol. The summed E-state index contributed by atoms with van der Waals surface area (Å²) in [6.07, 6.45) is 5.10. The Morgan fingerprint density at radius 1 is 1.38 bits per heavy atom. The molecule has 0 amide bonds. The van der Waals surface area contributed by atoms with Crippen molar-refractivity contribution in [3.63, 3.8) is 0 Å². The van der Waals surface area contributed by atoms with Gasteiger partial charge in [-0.25, -0.2) is 4.98 Å². The fourth-order valence-electron chi connectivity index (χ4n) is 4.13. The number of nitro groups is 1. The predicted octanol–water partition coefficient (Wildman–Crippen LogP) is 3.90. The van der Waals surface area contributed by atoms with Crippen molar-refractivity contribution in [1.82, 2.24) is 4.98 Å². The van der Waals surface area contributed by atoms with Crippen molar-refractivity contribution >= 4 is 22.4 Å². The van der Waals surface area contributed by atoms with E-state index in [1.165, 1.54) is 25.3 Å². The molecule has 0 aliphatic heterocycles. The summed E-state index contributed by atoms with van der Waals surface area (Å²) in [7, 11) is 0. The molecule has 126 valence electrons. The molecule has 2 atom stereocenters. The van der Waals surface area contributed by atoms with Crippen LogP contribution in [0.3, 0.4) is 0 Å². The number of aromatic nitrogens is 1. The number of pyridine rings is 1. The van der Waals surface area contributed by atoms with Gasteiger partial charge in [-0.3, -0.25) is 10.1 Å². The third kappa shape index (κ3) is 2.33. The van der Waals surface area contributed by atoms with E-state index in [9.17, 15) is 10.1 Å². The maximum absolute atomic E-state index is 10.9. The summed E-state index contributed by atoms with van der Waals surface area (Å²) in [5.41, 5.74) is 1.15. The van der Waals surface area contributed by atoms with E-state index in [1.54, 1.807) is 12.1 Å². The van der Waals surface area contributed by atoms with E-state index in [0.29, 0.717) is 12.1 Å². The molecule has 1 N–H and O–H groups in total. The lowest BCUT2D eigenvalue weighted by Crippen LogP contribution is -2.64. The number of hydrogen-bond acceptors (Lipinski definition) is 5. The zero-order valence-electron chi connectivity index (χ0n) is 13.7. The number of hydrogen-bond donors (Lipinski definition) is 1. The molecule has 6 heteroatoms. The second-order valence-corrected chi connectivity index (χ2v) is 6.79. The topological polar surface area (TPSA) is 77.3 Å². The van der Waals surface area contributed by atoms with E-state index in [1.807, 2.05) is 12.1 Å². The highest BCUT2D eigenvalue weighted by Gasteiger charge is 2.59. The number of anilines is 1. The fourth-order valence-corrected chi connectivity index (χ4v) is 4.13. The first kappa shape index (κ1) is 15.3. The van der Waals surface area contributed by atoms with Gasteiger partial charge in [0.25, 0.3) is 5.69 Å². The molecule has 2 aliphatic carbocycles. The van der Waals surface area contributed by atoms with E-state index >= 15 is 0 Å². The average Bonchev–Trinajstić information content (AvgIpc) is 2.51. The molecule has 2 aliphatic rings. The number of nitrogens with one attached hydrogen (secondary N) is 1. The number of ether oxygens (including phenoxy) is 1. The summed E-state index contributed by atoms with van der Waals surface area (Å²) in [5.74, 6) is 0.836.